The second-order valence-corrected chi connectivity index (χ2v) is 5.08. The molecule has 0 fully saturated rings. The van der Waals surface area contributed by atoms with Crippen molar-refractivity contribution in [2.24, 2.45) is 11.8 Å². The second kappa shape index (κ2) is 6.75. The van der Waals surface area contributed by atoms with E-state index in [0.29, 0.717) is 17.9 Å². The van der Waals surface area contributed by atoms with Crippen molar-refractivity contribution < 1.29 is 4.39 Å². The molecule has 0 aromatic heterocycles. The third-order valence-corrected chi connectivity index (χ3v) is 3.41. The van der Waals surface area contributed by atoms with Crippen LogP contribution in [0.3, 0.4) is 0 Å². The van der Waals surface area contributed by atoms with Crippen molar-refractivity contribution in [2.45, 2.75) is 40.2 Å². The van der Waals surface area contributed by atoms with Crippen molar-refractivity contribution in [1.82, 2.24) is 5.32 Å². The average molecular weight is 237 g/mol. The van der Waals surface area contributed by atoms with Crippen LogP contribution in [0.5, 0.6) is 0 Å². The Morgan fingerprint density at radius 3 is 2.18 bits per heavy atom. The maximum atomic E-state index is 12.8. The van der Waals surface area contributed by atoms with Crippen LogP contribution in [0.25, 0.3) is 0 Å². The molecule has 2 atom stereocenters. The van der Waals surface area contributed by atoms with Crippen LogP contribution >= 0.6 is 0 Å². The van der Waals surface area contributed by atoms with Gasteiger partial charge in [-0.2, -0.15) is 0 Å². The van der Waals surface area contributed by atoms with E-state index in [-0.39, 0.29) is 5.82 Å². The monoisotopic (exact) mass is 237 g/mol. The topological polar surface area (TPSA) is 12.0 Å². The van der Waals surface area contributed by atoms with Gasteiger partial charge in [0.25, 0.3) is 0 Å². The fourth-order valence-corrected chi connectivity index (χ4v) is 2.36. The van der Waals surface area contributed by atoms with Gasteiger partial charge in [-0.25, -0.2) is 4.39 Å². The highest BCUT2D eigenvalue weighted by Crippen LogP contribution is 2.21. The van der Waals surface area contributed by atoms with E-state index in [2.05, 4.69) is 33.0 Å². The first-order valence-electron chi connectivity index (χ1n) is 6.52. The molecule has 0 aliphatic carbocycles. The molecule has 1 nitrogen and oxygen atoms in total. The van der Waals surface area contributed by atoms with Gasteiger partial charge in [-0.3, -0.25) is 0 Å². The molecule has 0 saturated heterocycles. The van der Waals surface area contributed by atoms with Gasteiger partial charge in [0.05, 0.1) is 0 Å². The van der Waals surface area contributed by atoms with E-state index in [1.54, 1.807) is 12.1 Å². The molecule has 0 spiro atoms. The number of nitrogens with one attached hydrogen (secondary N) is 1. The highest BCUT2D eigenvalue weighted by Gasteiger charge is 2.20. The summed E-state index contributed by atoms with van der Waals surface area (Å²) in [5, 5.41) is 3.48. The third-order valence-electron chi connectivity index (χ3n) is 3.41. The zero-order valence-corrected chi connectivity index (χ0v) is 11.3. The fraction of sp³-hybridized carbons (Fsp3) is 0.600. The molecule has 0 amide bonds. The molecule has 1 aromatic carbocycles. The van der Waals surface area contributed by atoms with E-state index in [1.165, 1.54) is 5.56 Å². The summed E-state index contributed by atoms with van der Waals surface area (Å²) in [4.78, 5) is 0. The van der Waals surface area contributed by atoms with Gasteiger partial charge in [-0.1, -0.05) is 32.9 Å². The van der Waals surface area contributed by atoms with Crippen LogP contribution < -0.4 is 5.32 Å². The SMILES string of the molecule is CCNC(C)C(Cc1ccc(F)cc1)C(C)C. The maximum Gasteiger partial charge on any atom is 0.123 e. The van der Waals surface area contributed by atoms with Gasteiger partial charge >= 0.3 is 0 Å². The lowest BCUT2D eigenvalue weighted by molar-refractivity contribution is 0.292. The molecule has 96 valence electrons. The van der Waals surface area contributed by atoms with Crippen LogP contribution in [0.2, 0.25) is 0 Å². The first-order chi connectivity index (χ1) is 8.04. The molecule has 1 rings (SSSR count). The smallest absolute Gasteiger partial charge is 0.123 e. The van der Waals surface area contributed by atoms with Crippen LogP contribution in [-0.4, -0.2) is 12.6 Å². The summed E-state index contributed by atoms with van der Waals surface area (Å²) >= 11 is 0. The molecule has 0 heterocycles. The number of benzene rings is 1. The summed E-state index contributed by atoms with van der Waals surface area (Å²) in [5.74, 6) is 1.05. The Hall–Kier alpha value is -0.890. The quantitative estimate of drug-likeness (QED) is 0.796. The Kier molecular flexibility index (Phi) is 5.63. The molecule has 0 aliphatic rings. The number of hydrogen-bond acceptors (Lipinski definition) is 1. The molecule has 1 N–H and O–H groups in total. The van der Waals surface area contributed by atoms with Crippen LogP contribution in [0.4, 0.5) is 4.39 Å². The van der Waals surface area contributed by atoms with Gasteiger partial charge in [0.15, 0.2) is 0 Å². The molecule has 0 radical (unpaired) electrons. The summed E-state index contributed by atoms with van der Waals surface area (Å²) < 4.78 is 12.8. The predicted molar refractivity (Wildman–Crippen MR) is 71.6 cm³/mol. The van der Waals surface area contributed by atoms with Crippen molar-refractivity contribution in [3.63, 3.8) is 0 Å². The minimum Gasteiger partial charge on any atom is -0.314 e. The highest BCUT2D eigenvalue weighted by molar-refractivity contribution is 5.17. The van der Waals surface area contributed by atoms with E-state index < -0.39 is 0 Å². The summed E-state index contributed by atoms with van der Waals surface area (Å²) in [6.45, 7) is 9.86. The molecule has 17 heavy (non-hydrogen) atoms. The van der Waals surface area contributed by atoms with Gasteiger partial charge in [0.2, 0.25) is 0 Å². The van der Waals surface area contributed by atoms with Gasteiger partial charge in [0.1, 0.15) is 5.82 Å². The van der Waals surface area contributed by atoms with Crippen LogP contribution in [-0.2, 0) is 6.42 Å². The van der Waals surface area contributed by atoms with Crippen molar-refractivity contribution in [1.29, 1.82) is 0 Å². The Bertz CT molecular complexity index is 318. The maximum absolute atomic E-state index is 12.8. The Labute approximate surface area is 104 Å². The molecule has 2 unspecified atom stereocenters. The van der Waals surface area contributed by atoms with Gasteiger partial charge in [-0.15, -0.1) is 0 Å². The van der Waals surface area contributed by atoms with Crippen LogP contribution in [0, 0.1) is 17.7 Å². The minimum atomic E-state index is -0.158. The first-order valence-corrected chi connectivity index (χ1v) is 6.52. The van der Waals surface area contributed by atoms with E-state index >= 15 is 0 Å². The summed E-state index contributed by atoms with van der Waals surface area (Å²) in [7, 11) is 0. The fourth-order valence-electron chi connectivity index (χ4n) is 2.36. The molecular formula is C15H24FN. The normalized spacial score (nSPS) is 14.9. The van der Waals surface area contributed by atoms with E-state index in [0.717, 1.165) is 13.0 Å². The van der Waals surface area contributed by atoms with E-state index in [4.69, 9.17) is 0 Å². The first kappa shape index (κ1) is 14.2. The lowest BCUT2D eigenvalue weighted by Crippen LogP contribution is -2.37. The number of halogens is 1. The summed E-state index contributed by atoms with van der Waals surface area (Å²) in [6.07, 6.45) is 1.01. The van der Waals surface area contributed by atoms with E-state index in [9.17, 15) is 4.39 Å². The van der Waals surface area contributed by atoms with Gasteiger partial charge in [0, 0.05) is 6.04 Å². The predicted octanol–water partition coefficient (Wildman–Crippen LogP) is 3.64. The zero-order valence-electron chi connectivity index (χ0n) is 11.3. The molecule has 0 aliphatic heterocycles. The Balaban J connectivity index is 2.69. The zero-order chi connectivity index (χ0) is 12.8. The minimum absolute atomic E-state index is 0.158. The lowest BCUT2D eigenvalue weighted by Gasteiger charge is -2.28. The van der Waals surface area contributed by atoms with E-state index in [1.807, 2.05) is 12.1 Å². The molecule has 1 aromatic rings. The molecule has 0 saturated carbocycles. The Morgan fingerprint density at radius 2 is 1.71 bits per heavy atom. The highest BCUT2D eigenvalue weighted by atomic mass is 19.1. The van der Waals surface area contributed by atoms with Gasteiger partial charge in [-0.05, 0) is 49.4 Å². The van der Waals surface area contributed by atoms with Crippen molar-refractivity contribution in [2.75, 3.05) is 6.54 Å². The van der Waals surface area contributed by atoms with Crippen LogP contribution in [0.15, 0.2) is 24.3 Å². The number of hydrogen-bond donors (Lipinski definition) is 1. The lowest BCUT2D eigenvalue weighted by atomic mass is 9.84. The second-order valence-electron chi connectivity index (χ2n) is 5.08. The standard InChI is InChI=1S/C15H24FN/c1-5-17-12(4)15(11(2)3)10-13-6-8-14(16)9-7-13/h6-9,11-12,15,17H,5,10H2,1-4H3. The number of rotatable bonds is 6. The molecular weight excluding hydrogens is 213 g/mol. The average Bonchev–Trinajstić information content (AvgIpc) is 2.28. The van der Waals surface area contributed by atoms with Crippen LogP contribution in [0.1, 0.15) is 33.3 Å². The van der Waals surface area contributed by atoms with Gasteiger partial charge < -0.3 is 5.32 Å². The van der Waals surface area contributed by atoms with Crippen molar-refractivity contribution in [3.8, 4) is 0 Å². The Morgan fingerprint density at radius 1 is 1.12 bits per heavy atom. The molecule has 0 bridgehead atoms. The summed E-state index contributed by atoms with van der Waals surface area (Å²) in [6, 6.07) is 7.37. The third kappa shape index (κ3) is 4.47. The van der Waals surface area contributed by atoms with Crippen molar-refractivity contribution >= 4 is 0 Å². The molecule has 2 heteroatoms. The largest absolute Gasteiger partial charge is 0.314 e. The summed E-state index contributed by atoms with van der Waals surface area (Å²) in [5.41, 5.74) is 1.22. The van der Waals surface area contributed by atoms with Crippen molar-refractivity contribution in [3.05, 3.63) is 35.6 Å².